The summed E-state index contributed by atoms with van der Waals surface area (Å²) in [6.07, 6.45) is 3.26. The van der Waals surface area contributed by atoms with Crippen LogP contribution in [0.2, 0.25) is 0 Å². The van der Waals surface area contributed by atoms with E-state index in [4.69, 9.17) is 0 Å². The number of hydrogen-bond acceptors (Lipinski definition) is 3. The largest absolute Gasteiger partial charge is 0.339 e. The molecule has 5 nitrogen and oxygen atoms in total. The van der Waals surface area contributed by atoms with Crippen molar-refractivity contribution in [3.63, 3.8) is 0 Å². The van der Waals surface area contributed by atoms with Crippen LogP contribution in [0.4, 0.5) is 5.82 Å². The van der Waals surface area contributed by atoms with Crippen LogP contribution in [0.25, 0.3) is 22.4 Å². The Kier molecular flexibility index (Phi) is 7.51. The summed E-state index contributed by atoms with van der Waals surface area (Å²) in [4.78, 5) is 17.0. The number of aromatic amines is 1. The van der Waals surface area contributed by atoms with E-state index in [1.165, 1.54) is 10.6 Å². The third-order valence-electron chi connectivity index (χ3n) is 5.96. The lowest BCUT2D eigenvalue weighted by Gasteiger charge is -2.23. The molecule has 0 aliphatic carbocycles. The highest BCUT2D eigenvalue weighted by molar-refractivity contribution is 7.92. The number of unbranched alkanes of at least 4 members (excludes halogenated alkanes) is 1. The van der Waals surface area contributed by atoms with Crippen molar-refractivity contribution < 1.29 is 13.2 Å². The van der Waals surface area contributed by atoms with Crippen molar-refractivity contribution >= 4 is 21.6 Å². The van der Waals surface area contributed by atoms with E-state index in [2.05, 4.69) is 11.9 Å². The van der Waals surface area contributed by atoms with Crippen molar-refractivity contribution in [3.8, 4) is 22.4 Å². The van der Waals surface area contributed by atoms with E-state index < -0.39 is 10.0 Å². The first kappa shape index (κ1) is 24.5. The minimum absolute atomic E-state index is 0.000202. The lowest BCUT2D eigenvalue weighted by atomic mass is 9.94. The maximum Gasteiger partial charge on any atom is 0.233 e. The lowest BCUT2D eigenvalue weighted by Crippen LogP contribution is -2.30. The molecule has 35 heavy (non-hydrogen) atoms. The molecule has 4 aromatic rings. The number of benzene rings is 3. The van der Waals surface area contributed by atoms with Gasteiger partial charge in [0.2, 0.25) is 10.0 Å². The predicted molar refractivity (Wildman–Crippen MR) is 143 cm³/mol. The average molecular weight is 487 g/mol. The van der Waals surface area contributed by atoms with Crippen LogP contribution in [0.15, 0.2) is 91.0 Å². The van der Waals surface area contributed by atoms with E-state index >= 15 is 0 Å². The third kappa shape index (κ3) is 5.54. The van der Waals surface area contributed by atoms with Crippen LogP contribution in [0.3, 0.4) is 0 Å². The van der Waals surface area contributed by atoms with E-state index in [0.717, 1.165) is 29.5 Å². The fourth-order valence-electron chi connectivity index (χ4n) is 4.23. The third-order valence-corrected chi connectivity index (χ3v) is 7.07. The van der Waals surface area contributed by atoms with Crippen molar-refractivity contribution in [2.45, 2.75) is 32.7 Å². The molecule has 1 heterocycles. The van der Waals surface area contributed by atoms with Crippen LogP contribution in [0.5, 0.6) is 0 Å². The summed E-state index contributed by atoms with van der Waals surface area (Å²) in [6.45, 7) is 2.20. The smallest absolute Gasteiger partial charge is 0.233 e. The number of ketones is 1. The average Bonchev–Trinajstić information content (AvgIpc) is 3.27. The Morgan fingerprint density at radius 1 is 0.829 bits per heavy atom. The van der Waals surface area contributed by atoms with Gasteiger partial charge in [-0.3, -0.25) is 9.10 Å². The zero-order chi connectivity index (χ0) is 24.8. The SMILES string of the molecule is CCCCC(=O)c1c(-c2ccccc2)[nH]c(N(Cc2ccccc2)S(C)(=O)=O)c1-c1ccccc1. The molecule has 0 fully saturated rings. The molecule has 0 saturated carbocycles. The monoisotopic (exact) mass is 486 g/mol. The molecule has 1 aromatic heterocycles. The fraction of sp³-hybridized carbons (Fsp3) is 0.207. The quantitative estimate of drug-likeness (QED) is 0.254. The summed E-state index contributed by atoms with van der Waals surface area (Å²) in [5, 5.41) is 0. The molecule has 0 aliphatic heterocycles. The minimum atomic E-state index is -3.68. The summed E-state index contributed by atoms with van der Waals surface area (Å²) >= 11 is 0. The van der Waals surface area contributed by atoms with Gasteiger partial charge in [0, 0.05) is 12.0 Å². The van der Waals surface area contributed by atoms with Gasteiger partial charge in [-0.05, 0) is 23.1 Å². The van der Waals surface area contributed by atoms with Crippen molar-refractivity contribution in [2.24, 2.45) is 0 Å². The van der Waals surface area contributed by atoms with Crippen LogP contribution in [0.1, 0.15) is 42.1 Å². The van der Waals surface area contributed by atoms with E-state index in [-0.39, 0.29) is 12.3 Å². The van der Waals surface area contributed by atoms with Crippen LogP contribution in [0, 0.1) is 0 Å². The Labute approximate surface area is 207 Å². The molecule has 0 atom stereocenters. The van der Waals surface area contributed by atoms with Crippen molar-refractivity contribution in [3.05, 3.63) is 102 Å². The molecule has 0 aliphatic rings. The second-order valence-corrected chi connectivity index (χ2v) is 10.5. The molecule has 3 aromatic carbocycles. The molecule has 0 radical (unpaired) electrons. The number of anilines is 1. The zero-order valence-corrected chi connectivity index (χ0v) is 20.9. The highest BCUT2D eigenvalue weighted by atomic mass is 32.2. The van der Waals surface area contributed by atoms with Gasteiger partial charge in [0.25, 0.3) is 0 Å². The van der Waals surface area contributed by atoms with Crippen LogP contribution >= 0.6 is 0 Å². The number of rotatable bonds is 10. The second kappa shape index (κ2) is 10.7. The molecule has 4 rings (SSSR count). The predicted octanol–water partition coefficient (Wildman–Crippen LogP) is 6.69. The van der Waals surface area contributed by atoms with Gasteiger partial charge in [0.1, 0.15) is 5.82 Å². The highest BCUT2D eigenvalue weighted by Crippen LogP contribution is 2.42. The molecule has 0 bridgehead atoms. The lowest BCUT2D eigenvalue weighted by molar-refractivity contribution is 0.0981. The number of sulfonamides is 1. The second-order valence-electron chi connectivity index (χ2n) is 8.61. The first-order valence-electron chi connectivity index (χ1n) is 11.8. The summed E-state index contributed by atoms with van der Waals surface area (Å²) < 4.78 is 27.6. The number of nitrogens with zero attached hydrogens (tertiary/aromatic N) is 1. The number of H-pyrrole nitrogens is 1. The molecule has 0 unspecified atom stereocenters. The number of carbonyl (C=O) groups excluding carboxylic acids is 1. The van der Waals surface area contributed by atoms with Crippen molar-refractivity contribution in [1.82, 2.24) is 4.98 Å². The first-order valence-corrected chi connectivity index (χ1v) is 13.7. The van der Waals surface area contributed by atoms with Gasteiger partial charge < -0.3 is 4.98 Å². The van der Waals surface area contributed by atoms with E-state index in [0.29, 0.717) is 29.1 Å². The Morgan fingerprint density at radius 3 is 1.91 bits per heavy atom. The van der Waals surface area contributed by atoms with Crippen LogP contribution < -0.4 is 4.31 Å². The molecule has 1 N–H and O–H groups in total. The normalized spacial score (nSPS) is 11.4. The molecular weight excluding hydrogens is 456 g/mol. The van der Waals surface area contributed by atoms with Crippen molar-refractivity contribution in [2.75, 3.05) is 10.6 Å². The molecule has 6 heteroatoms. The Morgan fingerprint density at radius 2 is 1.37 bits per heavy atom. The molecular formula is C29H30N2O3S. The van der Waals surface area contributed by atoms with Gasteiger partial charge in [0.15, 0.2) is 5.78 Å². The molecule has 0 saturated heterocycles. The van der Waals surface area contributed by atoms with E-state index in [9.17, 15) is 13.2 Å². The Bertz CT molecular complexity index is 1380. The van der Waals surface area contributed by atoms with Gasteiger partial charge in [0.05, 0.1) is 24.1 Å². The number of Topliss-reactive ketones (excluding diaryl/α,β-unsaturated/α-hetero) is 1. The topological polar surface area (TPSA) is 70.2 Å². The summed E-state index contributed by atoms with van der Waals surface area (Å²) in [7, 11) is -3.68. The van der Waals surface area contributed by atoms with Gasteiger partial charge in [-0.1, -0.05) is 104 Å². The van der Waals surface area contributed by atoms with Gasteiger partial charge in [-0.25, -0.2) is 8.42 Å². The standard InChI is InChI=1S/C29H30N2O3S/c1-3-4-20-25(32)27-26(23-16-10-6-11-17-23)29(30-28(27)24-18-12-7-13-19-24)31(35(2,33)34)21-22-14-8-5-9-15-22/h5-19,30H,3-4,20-21H2,1-2H3. The number of aromatic nitrogens is 1. The minimum Gasteiger partial charge on any atom is -0.339 e. The van der Waals surface area contributed by atoms with E-state index in [1.54, 1.807) is 0 Å². The first-order chi connectivity index (χ1) is 16.9. The molecule has 0 amide bonds. The highest BCUT2D eigenvalue weighted by Gasteiger charge is 2.30. The number of hydrogen-bond donors (Lipinski definition) is 1. The Hall–Kier alpha value is -3.64. The summed E-state index contributed by atoms with van der Waals surface area (Å²) in [6, 6.07) is 28.6. The molecule has 0 spiro atoms. The Balaban J connectivity index is 2.01. The maximum absolute atomic E-state index is 13.6. The zero-order valence-electron chi connectivity index (χ0n) is 20.1. The number of carbonyl (C=O) groups is 1. The molecule has 180 valence electrons. The van der Waals surface area contributed by atoms with Gasteiger partial charge in [-0.15, -0.1) is 0 Å². The summed E-state index contributed by atoms with van der Waals surface area (Å²) in [5.74, 6) is 0.404. The van der Waals surface area contributed by atoms with Gasteiger partial charge >= 0.3 is 0 Å². The fourth-order valence-corrected chi connectivity index (χ4v) is 5.09. The number of nitrogens with one attached hydrogen (secondary N) is 1. The van der Waals surface area contributed by atoms with E-state index in [1.807, 2.05) is 91.0 Å². The van der Waals surface area contributed by atoms with Crippen LogP contribution in [-0.4, -0.2) is 25.4 Å². The van der Waals surface area contributed by atoms with Crippen molar-refractivity contribution in [1.29, 1.82) is 0 Å². The van der Waals surface area contributed by atoms with Gasteiger partial charge in [-0.2, -0.15) is 0 Å². The van der Waals surface area contributed by atoms with Crippen LogP contribution in [-0.2, 0) is 16.6 Å². The summed E-state index contributed by atoms with van der Waals surface area (Å²) in [5.41, 5.74) is 4.28. The maximum atomic E-state index is 13.6.